The minimum atomic E-state index is 0.141. The molecule has 4 nitrogen and oxygen atoms in total. The van der Waals surface area contributed by atoms with Crippen LogP contribution in [0.1, 0.15) is 42.6 Å². The number of H-pyrrole nitrogens is 1. The second-order valence-electron chi connectivity index (χ2n) is 5.83. The van der Waals surface area contributed by atoms with E-state index < -0.39 is 0 Å². The molecule has 1 aromatic carbocycles. The van der Waals surface area contributed by atoms with Crippen LogP contribution in [0.2, 0.25) is 0 Å². The van der Waals surface area contributed by atoms with Crippen molar-refractivity contribution in [1.82, 2.24) is 15.3 Å². The van der Waals surface area contributed by atoms with Gasteiger partial charge in [0, 0.05) is 18.9 Å². The Morgan fingerprint density at radius 1 is 1.35 bits per heavy atom. The number of hydrogen-bond acceptors (Lipinski definition) is 2. The Morgan fingerprint density at radius 2 is 2.10 bits per heavy atom. The van der Waals surface area contributed by atoms with Crippen molar-refractivity contribution >= 4 is 16.9 Å². The summed E-state index contributed by atoms with van der Waals surface area (Å²) in [7, 11) is 0. The second-order valence-corrected chi connectivity index (χ2v) is 5.83. The number of carbonyl (C=O) groups is 1. The zero-order valence-electron chi connectivity index (χ0n) is 12.1. The number of fused-ring (bicyclic) bond motifs is 1. The lowest BCUT2D eigenvalue weighted by Gasteiger charge is -2.26. The van der Waals surface area contributed by atoms with E-state index >= 15 is 0 Å². The van der Waals surface area contributed by atoms with Crippen LogP contribution < -0.4 is 5.32 Å². The third kappa shape index (κ3) is 2.69. The summed E-state index contributed by atoms with van der Waals surface area (Å²) in [6, 6.07) is 4.64. The SMILES string of the molecule is Cc1cc2nc(CCC(=O)NC3CCC3)[nH]c2cc1C. The number of aromatic nitrogens is 2. The Balaban J connectivity index is 1.63. The molecule has 2 N–H and O–H groups in total. The van der Waals surface area contributed by atoms with E-state index in [-0.39, 0.29) is 5.91 Å². The monoisotopic (exact) mass is 271 g/mol. The Bertz CT molecular complexity index is 601. The zero-order valence-corrected chi connectivity index (χ0v) is 12.1. The number of aromatic amines is 1. The van der Waals surface area contributed by atoms with E-state index in [4.69, 9.17) is 0 Å². The minimum Gasteiger partial charge on any atom is -0.353 e. The number of hydrogen-bond donors (Lipinski definition) is 2. The van der Waals surface area contributed by atoms with E-state index in [9.17, 15) is 4.79 Å². The lowest BCUT2D eigenvalue weighted by molar-refractivity contribution is -0.122. The quantitative estimate of drug-likeness (QED) is 0.898. The van der Waals surface area contributed by atoms with Crippen molar-refractivity contribution in [2.45, 2.75) is 52.0 Å². The van der Waals surface area contributed by atoms with E-state index in [1.54, 1.807) is 0 Å². The van der Waals surface area contributed by atoms with Crippen LogP contribution in [-0.4, -0.2) is 21.9 Å². The molecule has 106 valence electrons. The summed E-state index contributed by atoms with van der Waals surface area (Å²) in [5.74, 6) is 1.04. The molecule has 3 rings (SSSR count). The number of nitrogens with one attached hydrogen (secondary N) is 2. The molecule has 0 atom stereocenters. The van der Waals surface area contributed by atoms with E-state index in [1.807, 2.05) is 0 Å². The average Bonchev–Trinajstić information content (AvgIpc) is 2.74. The maximum absolute atomic E-state index is 11.8. The standard InChI is InChI=1S/C16H21N3O/c1-10-8-13-14(9-11(10)2)19-15(18-13)6-7-16(20)17-12-4-3-5-12/h8-9,12H,3-7H2,1-2H3,(H,17,20)(H,18,19). The van der Waals surface area contributed by atoms with Gasteiger partial charge >= 0.3 is 0 Å². The number of nitrogens with zero attached hydrogens (tertiary/aromatic N) is 1. The van der Waals surface area contributed by atoms with E-state index in [1.165, 1.54) is 17.5 Å². The Kier molecular flexibility index (Phi) is 3.47. The molecule has 1 heterocycles. The molecule has 2 aromatic rings. The van der Waals surface area contributed by atoms with Crippen LogP contribution in [0.25, 0.3) is 11.0 Å². The topological polar surface area (TPSA) is 57.8 Å². The highest BCUT2D eigenvalue weighted by atomic mass is 16.1. The normalized spacial score (nSPS) is 15.3. The van der Waals surface area contributed by atoms with Gasteiger partial charge in [0.2, 0.25) is 5.91 Å². The Morgan fingerprint density at radius 3 is 2.80 bits per heavy atom. The van der Waals surface area contributed by atoms with Crippen LogP contribution in [0.3, 0.4) is 0 Å². The summed E-state index contributed by atoms with van der Waals surface area (Å²) in [5, 5.41) is 3.06. The van der Waals surface area contributed by atoms with Gasteiger partial charge in [-0.1, -0.05) is 0 Å². The molecule has 20 heavy (non-hydrogen) atoms. The van der Waals surface area contributed by atoms with Crippen LogP contribution in [0.4, 0.5) is 0 Å². The molecule has 4 heteroatoms. The number of amides is 1. The van der Waals surface area contributed by atoms with Gasteiger partial charge in [0.05, 0.1) is 11.0 Å². The van der Waals surface area contributed by atoms with Gasteiger partial charge in [0.15, 0.2) is 0 Å². The number of rotatable bonds is 4. The summed E-state index contributed by atoms with van der Waals surface area (Å²) in [6.07, 6.45) is 4.69. The summed E-state index contributed by atoms with van der Waals surface area (Å²) in [4.78, 5) is 19.7. The zero-order chi connectivity index (χ0) is 14.1. The maximum atomic E-state index is 11.8. The average molecular weight is 271 g/mol. The molecule has 1 aliphatic carbocycles. The van der Waals surface area contributed by atoms with Gasteiger partial charge in [-0.25, -0.2) is 4.98 Å². The molecule has 1 fully saturated rings. The molecule has 0 spiro atoms. The fourth-order valence-corrected chi connectivity index (χ4v) is 2.53. The largest absolute Gasteiger partial charge is 0.353 e. The summed E-state index contributed by atoms with van der Waals surface area (Å²) >= 11 is 0. The molecular formula is C16H21N3O. The van der Waals surface area contributed by atoms with E-state index in [0.717, 1.165) is 29.7 Å². The number of aryl methyl sites for hydroxylation is 3. The van der Waals surface area contributed by atoms with Crippen molar-refractivity contribution in [3.05, 3.63) is 29.1 Å². The first-order chi connectivity index (χ1) is 9.61. The second kappa shape index (κ2) is 5.27. The van der Waals surface area contributed by atoms with Crippen molar-refractivity contribution in [2.24, 2.45) is 0 Å². The Labute approximate surface area is 119 Å². The first-order valence-electron chi connectivity index (χ1n) is 7.37. The summed E-state index contributed by atoms with van der Waals surface area (Å²) in [5.41, 5.74) is 4.55. The summed E-state index contributed by atoms with van der Waals surface area (Å²) < 4.78 is 0. The third-order valence-corrected chi connectivity index (χ3v) is 4.21. The predicted octanol–water partition coefficient (Wildman–Crippen LogP) is 2.78. The molecule has 0 saturated heterocycles. The van der Waals surface area contributed by atoms with Crippen molar-refractivity contribution in [3.63, 3.8) is 0 Å². The molecule has 1 amide bonds. The van der Waals surface area contributed by atoms with Gasteiger partial charge < -0.3 is 10.3 Å². The fraction of sp³-hybridized carbons (Fsp3) is 0.500. The van der Waals surface area contributed by atoms with E-state index in [2.05, 4.69) is 41.3 Å². The smallest absolute Gasteiger partial charge is 0.220 e. The molecular weight excluding hydrogens is 250 g/mol. The van der Waals surface area contributed by atoms with Gasteiger partial charge in [-0.05, 0) is 56.4 Å². The lowest BCUT2D eigenvalue weighted by Crippen LogP contribution is -2.39. The number of imidazole rings is 1. The molecule has 1 saturated carbocycles. The van der Waals surface area contributed by atoms with Gasteiger partial charge in [0.25, 0.3) is 0 Å². The van der Waals surface area contributed by atoms with E-state index in [0.29, 0.717) is 18.9 Å². The van der Waals surface area contributed by atoms with Crippen molar-refractivity contribution < 1.29 is 4.79 Å². The van der Waals surface area contributed by atoms with Crippen LogP contribution in [0, 0.1) is 13.8 Å². The number of benzene rings is 1. The van der Waals surface area contributed by atoms with Gasteiger partial charge in [-0.2, -0.15) is 0 Å². The van der Waals surface area contributed by atoms with Gasteiger partial charge in [-0.15, -0.1) is 0 Å². The number of carbonyl (C=O) groups excluding carboxylic acids is 1. The molecule has 0 radical (unpaired) electrons. The predicted molar refractivity (Wildman–Crippen MR) is 79.7 cm³/mol. The van der Waals surface area contributed by atoms with Crippen LogP contribution in [0.15, 0.2) is 12.1 Å². The van der Waals surface area contributed by atoms with Crippen molar-refractivity contribution in [2.75, 3.05) is 0 Å². The molecule has 0 bridgehead atoms. The first kappa shape index (κ1) is 13.2. The van der Waals surface area contributed by atoms with Gasteiger partial charge in [-0.3, -0.25) is 4.79 Å². The first-order valence-corrected chi connectivity index (χ1v) is 7.37. The molecule has 1 aliphatic rings. The highest BCUT2D eigenvalue weighted by molar-refractivity contribution is 5.78. The van der Waals surface area contributed by atoms with Crippen LogP contribution >= 0.6 is 0 Å². The molecule has 0 aliphatic heterocycles. The maximum Gasteiger partial charge on any atom is 0.220 e. The van der Waals surface area contributed by atoms with Crippen LogP contribution in [-0.2, 0) is 11.2 Å². The van der Waals surface area contributed by atoms with Gasteiger partial charge in [0.1, 0.15) is 5.82 Å². The highest BCUT2D eigenvalue weighted by Gasteiger charge is 2.19. The molecule has 0 unspecified atom stereocenters. The lowest BCUT2D eigenvalue weighted by atomic mass is 9.93. The highest BCUT2D eigenvalue weighted by Crippen LogP contribution is 2.19. The van der Waals surface area contributed by atoms with Crippen LogP contribution in [0.5, 0.6) is 0 Å². The fourth-order valence-electron chi connectivity index (χ4n) is 2.53. The molecule has 1 aromatic heterocycles. The van der Waals surface area contributed by atoms with Crippen molar-refractivity contribution in [1.29, 1.82) is 0 Å². The summed E-state index contributed by atoms with van der Waals surface area (Å²) in [6.45, 7) is 4.19. The minimum absolute atomic E-state index is 0.141. The van der Waals surface area contributed by atoms with Crippen molar-refractivity contribution in [3.8, 4) is 0 Å². The Hall–Kier alpha value is -1.84. The third-order valence-electron chi connectivity index (χ3n) is 4.21.